The lowest BCUT2D eigenvalue weighted by Gasteiger charge is -2.06. The molecule has 0 aromatic heterocycles. The van der Waals surface area contributed by atoms with Crippen molar-refractivity contribution in [3.8, 4) is 6.07 Å². The van der Waals surface area contributed by atoms with Gasteiger partial charge in [0.15, 0.2) is 9.84 Å². The number of methoxy groups -OCH3 is 1. The van der Waals surface area contributed by atoms with E-state index in [1.807, 2.05) is 6.07 Å². The number of sulfone groups is 1. The van der Waals surface area contributed by atoms with Gasteiger partial charge in [0, 0.05) is 20.2 Å². The Balaban J connectivity index is 2.60. The van der Waals surface area contributed by atoms with E-state index in [1.165, 1.54) is 12.1 Å². The second-order valence-corrected chi connectivity index (χ2v) is 5.81. The maximum Gasteiger partial charge on any atom is 0.179 e. The van der Waals surface area contributed by atoms with Crippen molar-refractivity contribution in [1.29, 1.82) is 5.26 Å². The van der Waals surface area contributed by atoms with Gasteiger partial charge in [0.25, 0.3) is 0 Å². The first-order valence-corrected chi connectivity index (χ1v) is 7.18. The molecule has 0 amide bonds. The van der Waals surface area contributed by atoms with E-state index in [0.29, 0.717) is 25.3 Å². The predicted octanol–water partition coefficient (Wildman–Crippen LogP) is 0.568. The molecule has 0 aliphatic rings. The van der Waals surface area contributed by atoms with Crippen molar-refractivity contribution >= 4 is 9.84 Å². The highest BCUT2D eigenvalue weighted by molar-refractivity contribution is 7.91. The molecule has 0 saturated carbocycles. The van der Waals surface area contributed by atoms with E-state index in [2.05, 4.69) is 5.32 Å². The van der Waals surface area contributed by atoms with Gasteiger partial charge < -0.3 is 10.1 Å². The molecule has 1 N–H and O–H groups in total. The molecule has 0 unspecified atom stereocenters. The Morgan fingerprint density at radius 3 is 2.83 bits per heavy atom. The van der Waals surface area contributed by atoms with Crippen molar-refractivity contribution in [2.24, 2.45) is 0 Å². The monoisotopic (exact) mass is 268 g/mol. The second kappa shape index (κ2) is 7.11. The van der Waals surface area contributed by atoms with Crippen LogP contribution in [0.5, 0.6) is 0 Å². The lowest BCUT2D eigenvalue weighted by molar-refractivity contribution is 0.200. The molecule has 98 valence electrons. The van der Waals surface area contributed by atoms with Crippen molar-refractivity contribution in [3.05, 3.63) is 29.8 Å². The molecule has 0 fully saturated rings. The third-order valence-electron chi connectivity index (χ3n) is 2.35. The highest BCUT2D eigenvalue weighted by Gasteiger charge is 2.14. The van der Waals surface area contributed by atoms with Gasteiger partial charge in [-0.25, -0.2) is 8.42 Å². The first kappa shape index (κ1) is 14.6. The summed E-state index contributed by atoms with van der Waals surface area (Å²) in [4.78, 5) is 0.190. The van der Waals surface area contributed by atoms with Crippen LogP contribution in [-0.4, -0.2) is 41.0 Å². The third kappa shape index (κ3) is 4.45. The first-order valence-electron chi connectivity index (χ1n) is 5.53. The van der Waals surface area contributed by atoms with Crippen LogP contribution in [0.1, 0.15) is 5.56 Å². The number of nitriles is 1. The molecule has 0 atom stereocenters. The molecule has 5 nitrogen and oxygen atoms in total. The van der Waals surface area contributed by atoms with Gasteiger partial charge in [0.2, 0.25) is 0 Å². The Bertz CT molecular complexity index is 520. The fraction of sp³-hybridized carbons (Fsp3) is 0.417. The summed E-state index contributed by atoms with van der Waals surface area (Å²) >= 11 is 0. The number of benzene rings is 1. The minimum atomic E-state index is -3.33. The maximum atomic E-state index is 12.0. The summed E-state index contributed by atoms with van der Waals surface area (Å²) in [7, 11) is -1.75. The predicted molar refractivity (Wildman–Crippen MR) is 68.0 cm³/mol. The molecule has 0 bridgehead atoms. The van der Waals surface area contributed by atoms with E-state index < -0.39 is 9.84 Å². The van der Waals surface area contributed by atoms with Crippen molar-refractivity contribution in [1.82, 2.24) is 5.32 Å². The van der Waals surface area contributed by atoms with Crippen molar-refractivity contribution in [3.63, 3.8) is 0 Å². The zero-order chi connectivity index (χ0) is 13.4. The smallest absolute Gasteiger partial charge is 0.179 e. The van der Waals surface area contributed by atoms with E-state index >= 15 is 0 Å². The maximum absolute atomic E-state index is 12.0. The second-order valence-electron chi connectivity index (χ2n) is 3.70. The summed E-state index contributed by atoms with van der Waals surface area (Å²) in [5.74, 6) is 0.00555. The number of hydrogen-bond acceptors (Lipinski definition) is 5. The van der Waals surface area contributed by atoms with Gasteiger partial charge in [-0.1, -0.05) is 6.07 Å². The van der Waals surface area contributed by atoms with Gasteiger partial charge in [-0.15, -0.1) is 0 Å². The van der Waals surface area contributed by atoms with Crippen LogP contribution in [-0.2, 0) is 14.6 Å². The molecular weight excluding hydrogens is 252 g/mol. The van der Waals surface area contributed by atoms with E-state index in [9.17, 15) is 8.42 Å². The average Bonchev–Trinajstić information content (AvgIpc) is 2.38. The summed E-state index contributed by atoms with van der Waals surface area (Å²) in [6.07, 6.45) is 0. The Labute approximate surface area is 107 Å². The molecule has 0 spiro atoms. The largest absolute Gasteiger partial charge is 0.383 e. The standard InChI is InChI=1S/C12H16N2O3S/c1-17-7-5-14-6-8-18(15,16)12-4-2-3-11(9-12)10-13/h2-4,9,14H,5-8H2,1H3. The minimum absolute atomic E-state index is 0.00555. The number of hydrogen-bond donors (Lipinski definition) is 1. The van der Waals surface area contributed by atoms with E-state index in [1.54, 1.807) is 19.2 Å². The van der Waals surface area contributed by atoms with Crippen LogP contribution in [0.15, 0.2) is 29.2 Å². The summed E-state index contributed by atoms with van der Waals surface area (Å²) in [5, 5.41) is 11.7. The Kier molecular flexibility index (Phi) is 5.78. The molecule has 0 aliphatic heterocycles. The first-order chi connectivity index (χ1) is 8.60. The summed E-state index contributed by atoms with van der Waals surface area (Å²) in [5.41, 5.74) is 0.350. The van der Waals surface area contributed by atoms with Crippen LogP contribution in [0.4, 0.5) is 0 Å². The number of nitrogens with zero attached hydrogens (tertiary/aromatic N) is 1. The Morgan fingerprint density at radius 2 is 2.17 bits per heavy atom. The van der Waals surface area contributed by atoms with E-state index in [4.69, 9.17) is 10.00 Å². The molecular formula is C12H16N2O3S. The van der Waals surface area contributed by atoms with Crippen LogP contribution >= 0.6 is 0 Å². The summed E-state index contributed by atoms with van der Waals surface area (Å²) in [6.45, 7) is 1.52. The van der Waals surface area contributed by atoms with Gasteiger partial charge in [-0.3, -0.25) is 0 Å². The van der Waals surface area contributed by atoms with Crippen LogP contribution < -0.4 is 5.32 Å². The molecule has 0 heterocycles. The molecule has 0 saturated heterocycles. The van der Waals surface area contributed by atoms with E-state index in [0.717, 1.165) is 0 Å². The number of nitrogens with one attached hydrogen (secondary N) is 1. The molecule has 1 rings (SSSR count). The molecule has 0 aliphatic carbocycles. The zero-order valence-electron chi connectivity index (χ0n) is 10.2. The summed E-state index contributed by atoms with van der Waals surface area (Å²) < 4.78 is 28.7. The number of rotatable bonds is 7. The van der Waals surface area contributed by atoms with Gasteiger partial charge in [0.1, 0.15) is 0 Å². The molecule has 0 radical (unpaired) electrons. The number of ether oxygens (including phenoxy) is 1. The third-order valence-corrected chi connectivity index (χ3v) is 4.07. The van der Waals surface area contributed by atoms with Gasteiger partial charge >= 0.3 is 0 Å². The topological polar surface area (TPSA) is 79.2 Å². The molecule has 18 heavy (non-hydrogen) atoms. The molecule has 1 aromatic rings. The van der Waals surface area contributed by atoms with Crippen LogP contribution in [0, 0.1) is 11.3 Å². The van der Waals surface area contributed by atoms with Crippen LogP contribution in [0.25, 0.3) is 0 Å². The van der Waals surface area contributed by atoms with Gasteiger partial charge in [-0.05, 0) is 18.2 Å². The molecule has 6 heteroatoms. The molecule has 1 aromatic carbocycles. The van der Waals surface area contributed by atoms with Crippen molar-refractivity contribution in [2.45, 2.75) is 4.90 Å². The highest BCUT2D eigenvalue weighted by atomic mass is 32.2. The van der Waals surface area contributed by atoms with Crippen LogP contribution in [0.3, 0.4) is 0 Å². The summed E-state index contributed by atoms with van der Waals surface area (Å²) in [6, 6.07) is 7.98. The normalized spacial score (nSPS) is 11.1. The van der Waals surface area contributed by atoms with Crippen molar-refractivity contribution in [2.75, 3.05) is 32.6 Å². The lowest BCUT2D eigenvalue weighted by Crippen LogP contribution is -2.26. The minimum Gasteiger partial charge on any atom is -0.383 e. The lowest BCUT2D eigenvalue weighted by atomic mass is 10.2. The fourth-order valence-corrected chi connectivity index (χ4v) is 2.62. The Morgan fingerprint density at radius 1 is 1.39 bits per heavy atom. The quantitative estimate of drug-likeness (QED) is 0.731. The van der Waals surface area contributed by atoms with Crippen LogP contribution in [0.2, 0.25) is 0 Å². The van der Waals surface area contributed by atoms with Gasteiger partial charge in [0.05, 0.1) is 28.9 Å². The fourth-order valence-electron chi connectivity index (χ4n) is 1.38. The highest BCUT2D eigenvalue weighted by Crippen LogP contribution is 2.12. The average molecular weight is 268 g/mol. The SMILES string of the molecule is COCCNCCS(=O)(=O)c1cccc(C#N)c1. The van der Waals surface area contributed by atoms with Crippen molar-refractivity contribution < 1.29 is 13.2 Å². The van der Waals surface area contributed by atoms with Gasteiger partial charge in [-0.2, -0.15) is 5.26 Å². The zero-order valence-corrected chi connectivity index (χ0v) is 11.0. The van der Waals surface area contributed by atoms with E-state index in [-0.39, 0.29) is 10.6 Å². The Hall–Kier alpha value is -1.42.